The van der Waals surface area contributed by atoms with Gasteiger partial charge in [-0.2, -0.15) is 0 Å². The Balaban J connectivity index is 4.31. The van der Waals surface area contributed by atoms with Crippen molar-refractivity contribution in [1.29, 1.82) is 0 Å². The van der Waals surface area contributed by atoms with Gasteiger partial charge in [-0.15, -0.1) is 0 Å². The van der Waals surface area contributed by atoms with Crippen LogP contribution in [0.4, 0.5) is 0 Å². The fraction of sp³-hybridized carbons (Fsp3) is 0.750. The molecule has 0 saturated carbocycles. The van der Waals surface area contributed by atoms with Crippen LogP contribution in [0.1, 0.15) is 20.8 Å². The van der Waals surface area contributed by atoms with Gasteiger partial charge in [0.05, 0.1) is 0 Å². The molecule has 0 aromatic heterocycles. The van der Waals surface area contributed by atoms with Gasteiger partial charge in [-0.05, 0) is 26.1 Å². The Hall–Kier alpha value is -0.640. The molecule has 0 bridgehead atoms. The number of thiocarbonyl (C=S) groups is 1. The number of hydrogen-bond donors (Lipinski definition) is 0. The zero-order chi connectivity index (χ0) is 9.72. The molecule has 0 aliphatic rings. The molecule has 0 atom stereocenters. The topological polar surface area (TPSA) is 23.6 Å². The van der Waals surface area contributed by atoms with Crippen molar-refractivity contribution in [3.05, 3.63) is 0 Å². The van der Waals surface area contributed by atoms with Crippen molar-refractivity contribution in [3.8, 4) is 0 Å². The van der Waals surface area contributed by atoms with Gasteiger partial charge in [0.1, 0.15) is 0 Å². The van der Waals surface area contributed by atoms with E-state index in [1.807, 2.05) is 25.8 Å². The molecule has 12 heavy (non-hydrogen) atoms. The van der Waals surface area contributed by atoms with E-state index in [1.54, 1.807) is 4.90 Å². The first-order valence-electron chi connectivity index (χ1n) is 4.07. The number of rotatable bonds is 2. The van der Waals surface area contributed by atoms with E-state index in [0.717, 1.165) is 6.54 Å². The molecular weight excluding hydrogens is 172 g/mol. The van der Waals surface area contributed by atoms with Crippen molar-refractivity contribution in [2.45, 2.75) is 20.8 Å². The Labute approximate surface area is 79.3 Å². The van der Waals surface area contributed by atoms with Crippen LogP contribution in [-0.4, -0.2) is 41.0 Å². The van der Waals surface area contributed by atoms with Gasteiger partial charge in [-0.25, -0.2) is 0 Å². The molecule has 4 heteroatoms. The maximum absolute atomic E-state index is 11.0. The Morgan fingerprint density at radius 1 is 1.33 bits per heavy atom. The summed E-state index contributed by atoms with van der Waals surface area (Å²) in [5.74, 6) is 0.00259. The largest absolute Gasteiger partial charge is 0.352 e. The summed E-state index contributed by atoms with van der Waals surface area (Å²) in [6.07, 6.45) is 0. The molecule has 1 amide bonds. The first kappa shape index (κ1) is 11.4. The lowest BCUT2D eigenvalue weighted by Crippen LogP contribution is -2.43. The molecule has 0 aromatic carbocycles. The third-order valence-electron chi connectivity index (χ3n) is 1.73. The highest BCUT2D eigenvalue weighted by Crippen LogP contribution is 1.97. The quantitative estimate of drug-likeness (QED) is 0.606. The van der Waals surface area contributed by atoms with Crippen LogP contribution < -0.4 is 0 Å². The van der Waals surface area contributed by atoms with Crippen LogP contribution in [0, 0.1) is 0 Å². The van der Waals surface area contributed by atoms with Crippen molar-refractivity contribution >= 4 is 23.2 Å². The predicted octanol–water partition coefficient (Wildman–Crippen LogP) is 1.09. The fourth-order valence-electron chi connectivity index (χ4n) is 0.834. The SMILES string of the molecule is CCN(C)C(=S)N(CC)C(C)=O. The summed E-state index contributed by atoms with van der Waals surface area (Å²) in [7, 11) is 1.88. The van der Waals surface area contributed by atoms with Crippen molar-refractivity contribution in [2.75, 3.05) is 20.1 Å². The van der Waals surface area contributed by atoms with Crippen LogP contribution in [0.15, 0.2) is 0 Å². The molecule has 0 unspecified atom stereocenters. The molecule has 0 radical (unpaired) electrons. The number of carbonyl (C=O) groups excluding carboxylic acids is 1. The highest BCUT2D eigenvalue weighted by atomic mass is 32.1. The van der Waals surface area contributed by atoms with Crippen LogP contribution in [0.5, 0.6) is 0 Å². The summed E-state index contributed by atoms with van der Waals surface area (Å²) in [4.78, 5) is 14.5. The van der Waals surface area contributed by atoms with Crippen LogP contribution in [-0.2, 0) is 4.79 Å². The summed E-state index contributed by atoms with van der Waals surface area (Å²) in [6, 6.07) is 0. The molecule has 0 spiro atoms. The van der Waals surface area contributed by atoms with Crippen LogP contribution >= 0.6 is 12.2 Å². The summed E-state index contributed by atoms with van der Waals surface area (Å²) in [6.45, 7) is 6.90. The number of carbonyl (C=O) groups is 1. The molecule has 0 aliphatic carbocycles. The van der Waals surface area contributed by atoms with Gasteiger partial charge >= 0.3 is 0 Å². The zero-order valence-corrected chi connectivity index (χ0v) is 8.94. The monoisotopic (exact) mass is 188 g/mol. The lowest BCUT2D eigenvalue weighted by Gasteiger charge is -2.26. The maximum atomic E-state index is 11.0. The van der Waals surface area contributed by atoms with Gasteiger partial charge in [0.25, 0.3) is 0 Å². The van der Waals surface area contributed by atoms with Crippen LogP contribution in [0.3, 0.4) is 0 Å². The first-order chi connectivity index (χ1) is 5.54. The summed E-state index contributed by atoms with van der Waals surface area (Å²) < 4.78 is 0. The van der Waals surface area contributed by atoms with Crippen molar-refractivity contribution in [3.63, 3.8) is 0 Å². The normalized spacial score (nSPS) is 9.33. The van der Waals surface area contributed by atoms with E-state index in [-0.39, 0.29) is 5.91 Å². The Kier molecular flexibility index (Phi) is 4.81. The molecule has 70 valence electrons. The summed E-state index contributed by atoms with van der Waals surface area (Å²) >= 11 is 5.10. The molecule has 0 saturated heterocycles. The highest BCUT2D eigenvalue weighted by molar-refractivity contribution is 7.80. The van der Waals surface area contributed by atoms with E-state index in [1.165, 1.54) is 6.92 Å². The Bertz CT molecular complexity index is 182. The number of amides is 1. The average Bonchev–Trinajstić information content (AvgIpc) is 2.03. The third kappa shape index (κ3) is 2.77. The Morgan fingerprint density at radius 2 is 1.83 bits per heavy atom. The van der Waals surface area contributed by atoms with Crippen LogP contribution in [0.25, 0.3) is 0 Å². The number of hydrogen-bond acceptors (Lipinski definition) is 2. The molecule has 3 nitrogen and oxygen atoms in total. The van der Waals surface area contributed by atoms with E-state index >= 15 is 0 Å². The van der Waals surface area contributed by atoms with E-state index in [2.05, 4.69) is 0 Å². The predicted molar refractivity (Wildman–Crippen MR) is 54.0 cm³/mol. The second-order valence-electron chi connectivity index (χ2n) is 2.56. The summed E-state index contributed by atoms with van der Waals surface area (Å²) in [5, 5.41) is 0.604. The van der Waals surface area contributed by atoms with Crippen molar-refractivity contribution in [2.24, 2.45) is 0 Å². The molecule has 0 rings (SSSR count). The fourth-order valence-corrected chi connectivity index (χ4v) is 1.22. The van der Waals surface area contributed by atoms with Gasteiger partial charge in [-0.3, -0.25) is 9.69 Å². The van der Waals surface area contributed by atoms with Crippen molar-refractivity contribution < 1.29 is 4.79 Å². The maximum Gasteiger partial charge on any atom is 0.225 e. The van der Waals surface area contributed by atoms with E-state index in [4.69, 9.17) is 12.2 Å². The lowest BCUT2D eigenvalue weighted by atomic mass is 10.5. The zero-order valence-electron chi connectivity index (χ0n) is 8.13. The number of nitrogens with zero attached hydrogens (tertiary/aromatic N) is 2. The van der Waals surface area contributed by atoms with Gasteiger partial charge in [0.2, 0.25) is 5.91 Å². The highest BCUT2D eigenvalue weighted by Gasteiger charge is 2.13. The van der Waals surface area contributed by atoms with Gasteiger partial charge < -0.3 is 4.90 Å². The minimum absolute atomic E-state index is 0.00259. The van der Waals surface area contributed by atoms with Crippen LogP contribution in [0.2, 0.25) is 0 Å². The molecule has 0 fully saturated rings. The molecule has 0 aliphatic heterocycles. The van der Waals surface area contributed by atoms with Gasteiger partial charge in [0, 0.05) is 27.1 Å². The molecule has 0 aromatic rings. The van der Waals surface area contributed by atoms with E-state index in [0.29, 0.717) is 11.7 Å². The van der Waals surface area contributed by atoms with Gasteiger partial charge in [-0.1, -0.05) is 0 Å². The van der Waals surface area contributed by atoms with E-state index < -0.39 is 0 Å². The lowest BCUT2D eigenvalue weighted by molar-refractivity contribution is -0.125. The second-order valence-corrected chi connectivity index (χ2v) is 2.93. The minimum Gasteiger partial charge on any atom is -0.352 e. The molecule has 0 N–H and O–H groups in total. The second kappa shape index (κ2) is 5.09. The van der Waals surface area contributed by atoms with Crippen molar-refractivity contribution in [1.82, 2.24) is 9.80 Å². The van der Waals surface area contributed by atoms with E-state index in [9.17, 15) is 4.79 Å². The molecular formula is C8H16N2OS. The Morgan fingerprint density at radius 3 is 2.08 bits per heavy atom. The third-order valence-corrected chi connectivity index (χ3v) is 2.26. The van der Waals surface area contributed by atoms with Gasteiger partial charge in [0.15, 0.2) is 5.11 Å². The smallest absolute Gasteiger partial charge is 0.225 e. The summed E-state index contributed by atoms with van der Waals surface area (Å²) in [5.41, 5.74) is 0. The minimum atomic E-state index is 0.00259. The standard InChI is InChI=1S/C8H16N2OS/c1-5-9(4)8(12)10(6-2)7(3)11/h5-6H2,1-4H3. The molecule has 0 heterocycles. The first-order valence-corrected chi connectivity index (χ1v) is 4.48. The average molecular weight is 188 g/mol.